The topological polar surface area (TPSA) is 0 Å². The van der Waals surface area contributed by atoms with Crippen molar-refractivity contribution >= 4 is 0 Å². The maximum Gasteiger partial charge on any atom is 0.121 e. The lowest BCUT2D eigenvalue weighted by Crippen LogP contribution is -2.43. The van der Waals surface area contributed by atoms with Gasteiger partial charge in [0.1, 0.15) is 6.17 Å². The van der Waals surface area contributed by atoms with Crippen LogP contribution in [0.25, 0.3) is 0 Å². The molecule has 0 N–H and O–H groups in total. The van der Waals surface area contributed by atoms with E-state index in [1.165, 1.54) is 95.5 Å². The Labute approximate surface area is 211 Å². The molecule has 0 nitrogen and oxygen atoms in total. The van der Waals surface area contributed by atoms with Crippen LogP contribution in [0.3, 0.4) is 0 Å². The number of fused-ring (bicyclic) bond motifs is 8. The third-order valence-electron chi connectivity index (χ3n) is 13.3. The smallest absolute Gasteiger partial charge is 0.121 e. The van der Waals surface area contributed by atoms with Gasteiger partial charge in [-0.3, -0.25) is 0 Å². The summed E-state index contributed by atoms with van der Waals surface area (Å²) in [6.07, 6.45) is 22.4. The van der Waals surface area contributed by atoms with Crippen molar-refractivity contribution in [3.05, 3.63) is 44.6 Å². The highest BCUT2D eigenvalue weighted by Gasteiger charge is 2.55. The molecule has 9 unspecified atom stereocenters. The summed E-state index contributed by atoms with van der Waals surface area (Å²) in [4.78, 5) is 0. The lowest BCUT2D eigenvalue weighted by molar-refractivity contribution is 0.0686. The maximum absolute atomic E-state index is 15.0. The van der Waals surface area contributed by atoms with Gasteiger partial charge in [0.05, 0.1) is 0 Å². The molecule has 0 aromatic rings. The molecule has 0 aromatic carbocycles. The average molecular weight is 471 g/mol. The molecule has 9 aliphatic carbocycles. The molecule has 1 fully saturated rings. The van der Waals surface area contributed by atoms with Crippen molar-refractivity contribution in [3.8, 4) is 0 Å². The van der Waals surface area contributed by atoms with Gasteiger partial charge in [0, 0.05) is 23.7 Å². The Balaban J connectivity index is 1.10. The second kappa shape index (κ2) is 7.48. The van der Waals surface area contributed by atoms with E-state index in [1.807, 2.05) is 33.4 Å². The fraction of sp³-hybridized carbons (Fsp3) is 0.765. The first-order valence-electron chi connectivity index (χ1n) is 15.8. The van der Waals surface area contributed by atoms with Gasteiger partial charge in [-0.05, 0) is 138 Å². The highest BCUT2D eigenvalue weighted by molar-refractivity contribution is 5.50. The summed E-state index contributed by atoms with van der Waals surface area (Å²) in [6, 6.07) is 0. The van der Waals surface area contributed by atoms with Gasteiger partial charge in [-0.2, -0.15) is 0 Å². The molecule has 0 radical (unpaired) electrons. The molecule has 1 saturated carbocycles. The minimum atomic E-state index is -0.611. The molecule has 0 aromatic heterocycles. The van der Waals surface area contributed by atoms with Crippen molar-refractivity contribution in [2.45, 2.75) is 115 Å². The number of allylic oxidation sites excluding steroid dienone is 8. The molecule has 0 bridgehead atoms. The van der Waals surface area contributed by atoms with E-state index in [-0.39, 0.29) is 0 Å². The van der Waals surface area contributed by atoms with E-state index in [0.717, 1.165) is 54.8 Å². The quantitative estimate of drug-likeness (QED) is 0.310. The van der Waals surface area contributed by atoms with Crippen LogP contribution in [0.1, 0.15) is 109 Å². The molecule has 9 rings (SSSR count). The van der Waals surface area contributed by atoms with Gasteiger partial charge >= 0.3 is 0 Å². The van der Waals surface area contributed by atoms with Crippen molar-refractivity contribution in [2.24, 2.45) is 47.3 Å². The Morgan fingerprint density at radius 3 is 2.00 bits per heavy atom. The fourth-order valence-electron chi connectivity index (χ4n) is 12.3. The number of rotatable bonds is 0. The first kappa shape index (κ1) is 20.9. The first-order chi connectivity index (χ1) is 17.3. The van der Waals surface area contributed by atoms with E-state index in [1.54, 1.807) is 5.57 Å². The number of halogens is 1. The number of hydrogen-bond acceptors (Lipinski definition) is 0. The maximum atomic E-state index is 15.0. The number of alkyl halides is 1. The summed E-state index contributed by atoms with van der Waals surface area (Å²) in [7, 11) is 0. The predicted molar refractivity (Wildman–Crippen MR) is 139 cm³/mol. The van der Waals surface area contributed by atoms with Gasteiger partial charge in [0.15, 0.2) is 0 Å². The summed E-state index contributed by atoms with van der Waals surface area (Å²) < 4.78 is 15.0. The Kier molecular flexibility index (Phi) is 4.46. The van der Waals surface area contributed by atoms with E-state index < -0.39 is 6.17 Å². The molecule has 9 atom stereocenters. The molecular weight excluding hydrogens is 427 g/mol. The molecule has 0 saturated heterocycles. The van der Waals surface area contributed by atoms with Crippen molar-refractivity contribution < 1.29 is 4.39 Å². The predicted octanol–water partition coefficient (Wildman–Crippen LogP) is 9.19. The number of hydrogen-bond donors (Lipinski definition) is 0. The van der Waals surface area contributed by atoms with Gasteiger partial charge in [-0.1, -0.05) is 39.0 Å². The van der Waals surface area contributed by atoms with Crippen molar-refractivity contribution in [2.75, 3.05) is 0 Å². The lowest BCUT2D eigenvalue weighted by Gasteiger charge is -2.52. The Morgan fingerprint density at radius 1 is 0.486 bits per heavy atom. The monoisotopic (exact) mass is 470 g/mol. The van der Waals surface area contributed by atoms with Crippen molar-refractivity contribution in [3.63, 3.8) is 0 Å². The molecule has 0 aliphatic heterocycles. The van der Waals surface area contributed by atoms with Crippen LogP contribution >= 0.6 is 0 Å². The SMILES string of the molecule is FC1CCC2C3=C(CC4CCC5C6=C7C(CCC6)C6=C(CCCC6)C7CC5C4C3)C3CCCC1=C32. The second-order valence-corrected chi connectivity index (χ2v) is 14.2. The fourth-order valence-corrected chi connectivity index (χ4v) is 12.3. The van der Waals surface area contributed by atoms with Crippen LogP contribution in [0.4, 0.5) is 4.39 Å². The zero-order valence-electron chi connectivity index (χ0n) is 21.6. The molecule has 186 valence electrons. The summed E-state index contributed by atoms with van der Waals surface area (Å²) >= 11 is 0. The second-order valence-electron chi connectivity index (χ2n) is 14.2. The minimum absolute atomic E-state index is 0.611. The zero-order chi connectivity index (χ0) is 22.8. The van der Waals surface area contributed by atoms with Crippen LogP contribution in [-0.4, -0.2) is 6.17 Å². The largest absolute Gasteiger partial charge is 0.243 e. The van der Waals surface area contributed by atoms with Gasteiger partial charge in [0.2, 0.25) is 0 Å². The first-order valence-corrected chi connectivity index (χ1v) is 15.8. The van der Waals surface area contributed by atoms with Crippen LogP contribution in [0.2, 0.25) is 0 Å². The van der Waals surface area contributed by atoms with Crippen LogP contribution in [0, 0.1) is 47.3 Å². The van der Waals surface area contributed by atoms with E-state index in [0.29, 0.717) is 11.8 Å². The van der Waals surface area contributed by atoms with Crippen molar-refractivity contribution in [1.29, 1.82) is 0 Å². The lowest BCUT2D eigenvalue weighted by atomic mass is 9.52. The van der Waals surface area contributed by atoms with Gasteiger partial charge in [0.25, 0.3) is 0 Å². The molecule has 9 aliphatic rings. The van der Waals surface area contributed by atoms with E-state index in [4.69, 9.17) is 0 Å². The highest BCUT2D eigenvalue weighted by atomic mass is 19.1. The normalized spacial score (nSPS) is 47.7. The molecule has 0 spiro atoms. The zero-order valence-corrected chi connectivity index (χ0v) is 21.6. The molecule has 0 heterocycles. The molecule has 1 heteroatoms. The standard InChI is InChI=1S/C34H43F/c35-32-14-13-25-30-16-27-18(15-28(30)24-9-4-10-26(32)33(24)25)11-12-21-23-8-3-7-22-19-5-1-2-6-20(19)31(34(22)23)17-29(21)27/h18,21-22,24-25,27,29,31-32H,1-17H2. The average Bonchev–Trinajstić information content (AvgIpc) is 3.40. The molecule has 35 heavy (non-hydrogen) atoms. The van der Waals surface area contributed by atoms with Crippen molar-refractivity contribution in [1.82, 2.24) is 0 Å². The third-order valence-corrected chi connectivity index (χ3v) is 13.3. The van der Waals surface area contributed by atoms with Gasteiger partial charge in [-0.25, -0.2) is 4.39 Å². The minimum Gasteiger partial charge on any atom is -0.243 e. The third kappa shape index (κ3) is 2.70. The van der Waals surface area contributed by atoms with E-state index in [2.05, 4.69) is 0 Å². The van der Waals surface area contributed by atoms with E-state index >= 15 is 0 Å². The molecule has 0 amide bonds. The Hall–Kier alpha value is -1.11. The Morgan fingerprint density at radius 2 is 1.14 bits per heavy atom. The van der Waals surface area contributed by atoms with Crippen LogP contribution in [0.15, 0.2) is 44.6 Å². The highest BCUT2D eigenvalue weighted by Crippen LogP contribution is 2.66. The van der Waals surface area contributed by atoms with Gasteiger partial charge in [-0.15, -0.1) is 0 Å². The van der Waals surface area contributed by atoms with Crippen LogP contribution < -0.4 is 0 Å². The van der Waals surface area contributed by atoms with E-state index in [9.17, 15) is 4.39 Å². The van der Waals surface area contributed by atoms with Gasteiger partial charge < -0.3 is 0 Å². The summed E-state index contributed by atoms with van der Waals surface area (Å²) in [5.74, 6) is 6.82. The molecular formula is C34H43F. The summed E-state index contributed by atoms with van der Waals surface area (Å²) in [5, 5.41) is 0. The van der Waals surface area contributed by atoms with Crippen LogP contribution in [-0.2, 0) is 0 Å². The van der Waals surface area contributed by atoms with Crippen LogP contribution in [0.5, 0.6) is 0 Å². The summed E-state index contributed by atoms with van der Waals surface area (Å²) in [5.41, 5.74) is 14.6. The Bertz CT molecular complexity index is 1110. The summed E-state index contributed by atoms with van der Waals surface area (Å²) in [6.45, 7) is 0.